The average Bonchev–Trinajstić information content (AvgIpc) is 2.66. The molecule has 0 radical (unpaired) electrons. The number of alkyl halides is 3. The quantitative estimate of drug-likeness (QED) is 0.733. The molecular weight excluding hydrogens is 391 g/mol. The van der Waals surface area contributed by atoms with Crippen molar-refractivity contribution in [2.45, 2.75) is 25.6 Å². The molecule has 156 valence electrons. The van der Waals surface area contributed by atoms with Gasteiger partial charge in [0.2, 0.25) is 5.91 Å². The zero-order valence-corrected chi connectivity index (χ0v) is 15.6. The summed E-state index contributed by atoms with van der Waals surface area (Å²) in [5, 5.41) is 1.96. The van der Waals surface area contributed by atoms with Gasteiger partial charge in [-0.15, -0.1) is 0 Å². The molecule has 1 aliphatic heterocycles. The van der Waals surface area contributed by atoms with Crippen LogP contribution in [0.1, 0.15) is 18.4 Å². The Morgan fingerprint density at radius 3 is 2.66 bits per heavy atom. The highest BCUT2D eigenvalue weighted by molar-refractivity contribution is 5.79. The third kappa shape index (κ3) is 6.00. The molecular formula is C21H21F5N2O. The number of nitrogens with zero attached hydrogens (tertiary/aromatic N) is 1. The molecule has 3 rings (SSSR count). The molecule has 8 heteroatoms. The first-order valence-corrected chi connectivity index (χ1v) is 9.32. The first-order valence-electron chi connectivity index (χ1n) is 9.32. The van der Waals surface area contributed by atoms with E-state index < -0.39 is 36.2 Å². The van der Waals surface area contributed by atoms with Crippen LogP contribution in [0.3, 0.4) is 0 Å². The van der Waals surface area contributed by atoms with Crippen molar-refractivity contribution in [3.8, 4) is 11.1 Å². The fourth-order valence-corrected chi connectivity index (χ4v) is 3.56. The summed E-state index contributed by atoms with van der Waals surface area (Å²) in [6, 6.07) is 10.6. The van der Waals surface area contributed by atoms with E-state index in [0.29, 0.717) is 31.5 Å². The maximum atomic E-state index is 14.0. The highest BCUT2D eigenvalue weighted by Crippen LogP contribution is 2.26. The van der Waals surface area contributed by atoms with Crippen molar-refractivity contribution in [1.82, 2.24) is 10.2 Å². The summed E-state index contributed by atoms with van der Waals surface area (Å²) < 4.78 is 64.1. The lowest BCUT2D eigenvalue weighted by Gasteiger charge is -2.32. The second-order valence-corrected chi connectivity index (χ2v) is 7.23. The molecule has 1 aliphatic rings. The van der Waals surface area contributed by atoms with Crippen LogP contribution in [0, 0.1) is 17.6 Å². The van der Waals surface area contributed by atoms with Gasteiger partial charge in [0.05, 0.1) is 5.92 Å². The van der Waals surface area contributed by atoms with Gasteiger partial charge in [0.1, 0.15) is 18.2 Å². The molecule has 0 aromatic heterocycles. The fourth-order valence-electron chi connectivity index (χ4n) is 3.56. The van der Waals surface area contributed by atoms with E-state index in [1.807, 2.05) is 16.3 Å². The second-order valence-electron chi connectivity index (χ2n) is 7.23. The number of carbonyl (C=O) groups is 1. The van der Waals surface area contributed by atoms with Gasteiger partial charge < -0.3 is 5.32 Å². The molecule has 0 bridgehead atoms. The van der Waals surface area contributed by atoms with Crippen LogP contribution in [0.4, 0.5) is 22.0 Å². The predicted octanol–water partition coefficient (Wildman–Crippen LogP) is 4.52. The van der Waals surface area contributed by atoms with Gasteiger partial charge >= 0.3 is 6.18 Å². The molecule has 1 heterocycles. The van der Waals surface area contributed by atoms with Crippen molar-refractivity contribution >= 4 is 5.91 Å². The maximum Gasteiger partial charge on any atom is 0.405 e. The van der Waals surface area contributed by atoms with Crippen molar-refractivity contribution in [2.24, 2.45) is 5.92 Å². The van der Waals surface area contributed by atoms with Gasteiger partial charge in [0.25, 0.3) is 0 Å². The number of piperidine rings is 1. The summed E-state index contributed by atoms with van der Waals surface area (Å²) in [6.45, 7) is 0.240. The standard InChI is InChI=1S/C21H21F5N2O/c22-17-6-7-18(19(23)10-17)15-4-1-3-14(9-15)11-28-8-2-5-16(12-28)20(29)27-13-21(24,25)26/h1,3-4,6-7,9-10,16H,2,5,8,11-13H2,(H,27,29). The van der Waals surface area contributed by atoms with E-state index in [-0.39, 0.29) is 5.56 Å². The molecule has 0 aliphatic carbocycles. The van der Waals surface area contributed by atoms with Crippen LogP contribution in [0.15, 0.2) is 42.5 Å². The zero-order chi connectivity index (χ0) is 21.0. The monoisotopic (exact) mass is 412 g/mol. The minimum absolute atomic E-state index is 0.288. The van der Waals surface area contributed by atoms with Crippen LogP contribution in [-0.4, -0.2) is 36.6 Å². The van der Waals surface area contributed by atoms with Gasteiger partial charge in [-0.25, -0.2) is 8.78 Å². The van der Waals surface area contributed by atoms with Crippen molar-refractivity contribution in [3.05, 3.63) is 59.7 Å². The van der Waals surface area contributed by atoms with Crippen LogP contribution in [0.5, 0.6) is 0 Å². The Kier molecular flexibility index (Phi) is 6.52. The summed E-state index contributed by atoms with van der Waals surface area (Å²) in [5.41, 5.74) is 1.77. The van der Waals surface area contributed by atoms with E-state index in [9.17, 15) is 26.7 Å². The number of hydrogen-bond donors (Lipinski definition) is 1. The number of halogens is 5. The minimum Gasteiger partial charge on any atom is -0.347 e. The van der Waals surface area contributed by atoms with Crippen LogP contribution >= 0.6 is 0 Å². The number of amides is 1. The van der Waals surface area contributed by atoms with Crippen LogP contribution in [0.2, 0.25) is 0 Å². The smallest absolute Gasteiger partial charge is 0.347 e. The lowest BCUT2D eigenvalue weighted by molar-refractivity contribution is -0.141. The summed E-state index contributed by atoms with van der Waals surface area (Å²) in [7, 11) is 0. The molecule has 1 atom stereocenters. The van der Waals surface area contributed by atoms with Crippen LogP contribution < -0.4 is 5.32 Å². The Balaban J connectivity index is 1.65. The number of nitrogens with one attached hydrogen (secondary N) is 1. The van der Waals surface area contributed by atoms with Gasteiger partial charge in [-0.05, 0) is 48.7 Å². The summed E-state index contributed by atoms with van der Waals surface area (Å²) in [6.07, 6.45) is -3.18. The van der Waals surface area contributed by atoms with Gasteiger partial charge in [-0.1, -0.05) is 18.2 Å². The molecule has 1 amide bonds. The van der Waals surface area contributed by atoms with E-state index in [1.165, 1.54) is 12.1 Å². The Morgan fingerprint density at radius 2 is 1.93 bits per heavy atom. The second kappa shape index (κ2) is 8.90. The fraction of sp³-hybridized carbons (Fsp3) is 0.381. The minimum atomic E-state index is -4.43. The molecule has 1 unspecified atom stereocenters. The van der Waals surface area contributed by atoms with E-state index >= 15 is 0 Å². The molecule has 29 heavy (non-hydrogen) atoms. The lowest BCUT2D eigenvalue weighted by Crippen LogP contribution is -2.44. The van der Waals surface area contributed by atoms with E-state index in [2.05, 4.69) is 0 Å². The Labute approximate surface area is 165 Å². The maximum absolute atomic E-state index is 14.0. The van der Waals surface area contributed by atoms with Crippen molar-refractivity contribution in [1.29, 1.82) is 0 Å². The normalized spacial score (nSPS) is 17.9. The molecule has 2 aromatic rings. The average molecular weight is 412 g/mol. The lowest BCUT2D eigenvalue weighted by atomic mass is 9.96. The van der Waals surface area contributed by atoms with Gasteiger partial charge in [0, 0.05) is 24.7 Å². The molecule has 0 saturated carbocycles. The number of hydrogen-bond acceptors (Lipinski definition) is 2. The zero-order valence-electron chi connectivity index (χ0n) is 15.6. The van der Waals surface area contributed by atoms with E-state index in [4.69, 9.17) is 0 Å². The van der Waals surface area contributed by atoms with Crippen LogP contribution in [-0.2, 0) is 11.3 Å². The van der Waals surface area contributed by atoms with E-state index in [0.717, 1.165) is 18.2 Å². The van der Waals surface area contributed by atoms with Gasteiger partial charge in [0.15, 0.2) is 0 Å². The number of carbonyl (C=O) groups excluding carboxylic acids is 1. The van der Waals surface area contributed by atoms with Crippen molar-refractivity contribution in [2.75, 3.05) is 19.6 Å². The van der Waals surface area contributed by atoms with Gasteiger partial charge in [-0.3, -0.25) is 9.69 Å². The van der Waals surface area contributed by atoms with Crippen molar-refractivity contribution < 1.29 is 26.7 Å². The van der Waals surface area contributed by atoms with Gasteiger partial charge in [-0.2, -0.15) is 13.2 Å². The Morgan fingerprint density at radius 1 is 1.14 bits per heavy atom. The molecule has 1 N–H and O–H groups in total. The highest BCUT2D eigenvalue weighted by atomic mass is 19.4. The first kappa shape index (κ1) is 21.2. The number of likely N-dealkylation sites (tertiary alicyclic amines) is 1. The van der Waals surface area contributed by atoms with Crippen molar-refractivity contribution in [3.63, 3.8) is 0 Å². The largest absolute Gasteiger partial charge is 0.405 e. The Hall–Kier alpha value is -2.48. The highest BCUT2D eigenvalue weighted by Gasteiger charge is 2.31. The number of rotatable bonds is 5. The molecule has 0 spiro atoms. The molecule has 1 saturated heterocycles. The molecule has 1 fully saturated rings. The van der Waals surface area contributed by atoms with Crippen LogP contribution in [0.25, 0.3) is 11.1 Å². The summed E-state index contributed by atoms with van der Waals surface area (Å²) in [4.78, 5) is 14.0. The summed E-state index contributed by atoms with van der Waals surface area (Å²) >= 11 is 0. The Bertz CT molecular complexity index is 868. The summed E-state index contributed by atoms with van der Waals surface area (Å²) in [5.74, 6) is -2.38. The topological polar surface area (TPSA) is 32.3 Å². The molecule has 3 nitrogen and oxygen atoms in total. The first-order chi connectivity index (χ1) is 13.7. The van der Waals surface area contributed by atoms with E-state index in [1.54, 1.807) is 18.2 Å². The predicted molar refractivity (Wildman–Crippen MR) is 98.9 cm³/mol. The SMILES string of the molecule is O=C(NCC(F)(F)F)C1CCCN(Cc2cccc(-c3ccc(F)cc3F)c2)C1. The molecule has 2 aromatic carbocycles. The number of benzene rings is 2. The third-order valence-electron chi connectivity index (χ3n) is 4.91. The third-order valence-corrected chi connectivity index (χ3v) is 4.91.